The number of halogens is 1. The molecule has 0 aromatic heterocycles. The van der Waals surface area contributed by atoms with Crippen LogP contribution >= 0.6 is 0 Å². The Kier molecular flexibility index (Phi) is 3.36. The molecule has 19 heavy (non-hydrogen) atoms. The van der Waals surface area contributed by atoms with Crippen molar-refractivity contribution in [2.75, 3.05) is 5.32 Å². The molecule has 0 bridgehead atoms. The number of anilines is 1. The van der Waals surface area contributed by atoms with Gasteiger partial charge in [0.1, 0.15) is 5.82 Å². The predicted molar refractivity (Wildman–Crippen MR) is 73.1 cm³/mol. The molecule has 0 radical (unpaired) electrons. The fraction of sp³-hybridized carbons (Fsp3) is 0.438. The van der Waals surface area contributed by atoms with Gasteiger partial charge in [-0.15, -0.1) is 0 Å². The number of amides is 1. The molecule has 3 heteroatoms. The molecular weight excluding hydrogens is 241 g/mol. The smallest absolute Gasteiger partial charge is 0.228 e. The van der Waals surface area contributed by atoms with Gasteiger partial charge in [-0.25, -0.2) is 4.39 Å². The zero-order chi connectivity index (χ0) is 13.2. The molecule has 0 aliphatic heterocycles. The molecule has 3 rings (SSSR count). The minimum absolute atomic E-state index is 0.100. The van der Waals surface area contributed by atoms with Crippen molar-refractivity contribution in [1.29, 1.82) is 0 Å². The minimum atomic E-state index is -0.280. The van der Waals surface area contributed by atoms with Crippen molar-refractivity contribution in [2.45, 2.75) is 25.7 Å². The molecule has 1 fully saturated rings. The first kappa shape index (κ1) is 12.4. The Hall–Kier alpha value is -1.64. The number of allylic oxidation sites excluding steroid dienone is 2. The van der Waals surface area contributed by atoms with E-state index in [2.05, 4.69) is 17.5 Å². The molecule has 1 saturated carbocycles. The average Bonchev–Trinajstić information content (AvgIpc) is 3.03. The quantitative estimate of drug-likeness (QED) is 0.805. The van der Waals surface area contributed by atoms with Gasteiger partial charge in [-0.3, -0.25) is 4.79 Å². The highest BCUT2D eigenvalue weighted by Gasteiger charge is 2.53. The number of hydrogen-bond donors (Lipinski definition) is 1. The lowest BCUT2D eigenvalue weighted by Gasteiger charge is -2.04. The summed E-state index contributed by atoms with van der Waals surface area (Å²) in [6.07, 6.45) is 8.85. The van der Waals surface area contributed by atoms with Gasteiger partial charge in [-0.05, 0) is 61.8 Å². The normalized spacial score (nSPS) is 30.7. The van der Waals surface area contributed by atoms with Crippen molar-refractivity contribution in [3.8, 4) is 0 Å². The van der Waals surface area contributed by atoms with Crippen LogP contribution in [-0.4, -0.2) is 5.91 Å². The largest absolute Gasteiger partial charge is 0.326 e. The van der Waals surface area contributed by atoms with E-state index < -0.39 is 0 Å². The molecule has 1 aromatic carbocycles. The molecule has 1 unspecified atom stereocenters. The van der Waals surface area contributed by atoms with Gasteiger partial charge in [-0.1, -0.05) is 12.2 Å². The Balaban J connectivity index is 1.61. The molecule has 2 aliphatic carbocycles. The van der Waals surface area contributed by atoms with E-state index in [1.165, 1.54) is 12.1 Å². The van der Waals surface area contributed by atoms with Crippen molar-refractivity contribution in [3.63, 3.8) is 0 Å². The third-order valence-electron chi connectivity index (χ3n) is 4.25. The van der Waals surface area contributed by atoms with Crippen LogP contribution in [0.3, 0.4) is 0 Å². The number of hydrogen-bond acceptors (Lipinski definition) is 1. The predicted octanol–water partition coefficient (Wildman–Crippen LogP) is 3.76. The Bertz CT molecular complexity index is 478. The van der Waals surface area contributed by atoms with E-state index in [-0.39, 0.29) is 17.6 Å². The molecule has 1 aromatic rings. The molecule has 1 amide bonds. The summed E-state index contributed by atoms with van der Waals surface area (Å²) in [5, 5.41) is 2.90. The fourth-order valence-electron chi connectivity index (χ4n) is 3.19. The van der Waals surface area contributed by atoms with Crippen LogP contribution in [0.1, 0.15) is 25.7 Å². The molecule has 0 heterocycles. The molecule has 100 valence electrons. The summed E-state index contributed by atoms with van der Waals surface area (Å²) in [7, 11) is 0. The topological polar surface area (TPSA) is 29.1 Å². The van der Waals surface area contributed by atoms with Crippen LogP contribution in [-0.2, 0) is 4.79 Å². The van der Waals surface area contributed by atoms with Crippen LogP contribution in [0.25, 0.3) is 0 Å². The number of benzene rings is 1. The van der Waals surface area contributed by atoms with Crippen molar-refractivity contribution in [1.82, 2.24) is 0 Å². The van der Waals surface area contributed by atoms with Gasteiger partial charge in [-0.2, -0.15) is 0 Å². The molecule has 2 nitrogen and oxygen atoms in total. The molecule has 0 saturated heterocycles. The summed E-state index contributed by atoms with van der Waals surface area (Å²) >= 11 is 0. The molecular formula is C16H18FNO. The van der Waals surface area contributed by atoms with Crippen LogP contribution in [0, 0.1) is 23.6 Å². The molecule has 0 spiro atoms. The highest BCUT2D eigenvalue weighted by atomic mass is 19.1. The standard InChI is InChI=1S/C16H18FNO/c17-11-7-9-12(10-8-11)18-16(19)15-13-5-3-1-2-4-6-14(13)15/h1-2,7-10,13-15H,3-6H2,(H,18,19)/b2-1-/t13-,14+,15?. The first-order chi connectivity index (χ1) is 9.25. The summed E-state index contributed by atoms with van der Waals surface area (Å²) in [6, 6.07) is 5.96. The maximum atomic E-state index is 12.8. The SMILES string of the molecule is O=C(Nc1ccc(F)cc1)C1[C@H]2CC/C=C\CC[C@@H]12. The summed E-state index contributed by atoms with van der Waals surface area (Å²) in [5.41, 5.74) is 0.684. The van der Waals surface area contributed by atoms with E-state index in [0.29, 0.717) is 17.5 Å². The second kappa shape index (κ2) is 5.16. The van der Waals surface area contributed by atoms with E-state index in [1.54, 1.807) is 12.1 Å². The maximum Gasteiger partial charge on any atom is 0.228 e. The number of fused-ring (bicyclic) bond motifs is 1. The van der Waals surface area contributed by atoms with Crippen molar-refractivity contribution < 1.29 is 9.18 Å². The van der Waals surface area contributed by atoms with Crippen LogP contribution < -0.4 is 5.32 Å². The number of nitrogens with one attached hydrogen (secondary N) is 1. The van der Waals surface area contributed by atoms with Crippen LogP contribution in [0.2, 0.25) is 0 Å². The van der Waals surface area contributed by atoms with E-state index in [1.807, 2.05) is 0 Å². The summed E-state index contributed by atoms with van der Waals surface area (Å²) < 4.78 is 12.8. The van der Waals surface area contributed by atoms with E-state index >= 15 is 0 Å². The van der Waals surface area contributed by atoms with E-state index in [0.717, 1.165) is 25.7 Å². The molecule has 3 atom stereocenters. The van der Waals surface area contributed by atoms with Crippen LogP contribution in [0.15, 0.2) is 36.4 Å². The van der Waals surface area contributed by atoms with Crippen molar-refractivity contribution in [3.05, 3.63) is 42.2 Å². The highest BCUT2D eigenvalue weighted by molar-refractivity contribution is 5.94. The van der Waals surface area contributed by atoms with Crippen LogP contribution in [0.4, 0.5) is 10.1 Å². The number of carbonyl (C=O) groups is 1. The Labute approximate surface area is 112 Å². The van der Waals surface area contributed by atoms with E-state index in [9.17, 15) is 9.18 Å². The van der Waals surface area contributed by atoms with E-state index in [4.69, 9.17) is 0 Å². The zero-order valence-electron chi connectivity index (χ0n) is 10.8. The summed E-state index contributed by atoms with van der Waals surface area (Å²) in [4.78, 5) is 12.2. The monoisotopic (exact) mass is 259 g/mol. The molecule has 2 aliphatic rings. The van der Waals surface area contributed by atoms with Gasteiger partial charge in [0.15, 0.2) is 0 Å². The van der Waals surface area contributed by atoms with Crippen molar-refractivity contribution in [2.24, 2.45) is 17.8 Å². The first-order valence-electron chi connectivity index (χ1n) is 6.97. The Morgan fingerprint density at radius 2 is 1.63 bits per heavy atom. The lowest BCUT2D eigenvalue weighted by molar-refractivity contribution is -0.117. The second-order valence-electron chi connectivity index (χ2n) is 5.48. The minimum Gasteiger partial charge on any atom is -0.326 e. The van der Waals surface area contributed by atoms with Gasteiger partial charge in [0.05, 0.1) is 0 Å². The van der Waals surface area contributed by atoms with Gasteiger partial charge in [0.25, 0.3) is 0 Å². The fourth-order valence-corrected chi connectivity index (χ4v) is 3.19. The zero-order valence-corrected chi connectivity index (χ0v) is 10.8. The van der Waals surface area contributed by atoms with Crippen molar-refractivity contribution >= 4 is 11.6 Å². The van der Waals surface area contributed by atoms with Crippen LogP contribution in [0.5, 0.6) is 0 Å². The van der Waals surface area contributed by atoms with Gasteiger partial charge < -0.3 is 5.32 Å². The number of carbonyl (C=O) groups excluding carboxylic acids is 1. The molecule has 1 N–H and O–H groups in total. The Morgan fingerprint density at radius 1 is 1.05 bits per heavy atom. The number of rotatable bonds is 2. The van der Waals surface area contributed by atoms with Gasteiger partial charge >= 0.3 is 0 Å². The summed E-state index contributed by atoms with van der Waals surface area (Å²) in [6.45, 7) is 0. The van der Waals surface area contributed by atoms with Gasteiger partial charge in [0.2, 0.25) is 5.91 Å². The van der Waals surface area contributed by atoms with Gasteiger partial charge in [0, 0.05) is 11.6 Å². The third-order valence-corrected chi connectivity index (χ3v) is 4.25. The first-order valence-corrected chi connectivity index (χ1v) is 6.97. The second-order valence-corrected chi connectivity index (χ2v) is 5.48. The average molecular weight is 259 g/mol. The lowest BCUT2D eigenvalue weighted by atomic mass is 10.1. The Morgan fingerprint density at radius 3 is 2.21 bits per heavy atom. The third kappa shape index (κ3) is 2.70. The lowest BCUT2D eigenvalue weighted by Crippen LogP contribution is -2.15. The maximum absolute atomic E-state index is 12.8. The highest BCUT2D eigenvalue weighted by Crippen LogP contribution is 2.53. The summed E-state index contributed by atoms with van der Waals surface area (Å²) in [5.74, 6) is 1.07.